The second kappa shape index (κ2) is 15.2. The number of ether oxygens (including phenoxy) is 5. The number of alkyl carbamates (subject to hydrolysis) is 1. The third-order valence-corrected chi connectivity index (χ3v) is 13.0. The van der Waals surface area contributed by atoms with Gasteiger partial charge in [-0.1, -0.05) is 76.2 Å². The van der Waals surface area contributed by atoms with Crippen molar-refractivity contribution in [3.05, 3.63) is 82.9 Å². The molecule has 1 saturated heterocycles. The summed E-state index contributed by atoms with van der Waals surface area (Å²) >= 11 is 0. The van der Waals surface area contributed by atoms with Crippen molar-refractivity contribution >= 4 is 29.8 Å². The van der Waals surface area contributed by atoms with Gasteiger partial charge in [0.15, 0.2) is 17.5 Å². The molecule has 0 aromatic heterocycles. The Morgan fingerprint density at radius 2 is 1.57 bits per heavy atom. The van der Waals surface area contributed by atoms with E-state index >= 15 is 4.79 Å². The third-order valence-electron chi connectivity index (χ3n) is 13.0. The van der Waals surface area contributed by atoms with Crippen LogP contribution >= 0.6 is 0 Å². The molecule has 3 aliphatic carbocycles. The van der Waals surface area contributed by atoms with Crippen LogP contribution in [0.25, 0.3) is 0 Å². The zero-order valence-corrected chi connectivity index (χ0v) is 34.4. The number of amides is 1. The second-order valence-corrected chi connectivity index (χ2v) is 18.0. The van der Waals surface area contributed by atoms with E-state index in [9.17, 15) is 34.5 Å². The summed E-state index contributed by atoms with van der Waals surface area (Å²) < 4.78 is 30.0. The predicted octanol–water partition coefficient (Wildman–Crippen LogP) is 4.53. The molecule has 0 spiro atoms. The van der Waals surface area contributed by atoms with Gasteiger partial charge in [0.1, 0.15) is 35.6 Å². The van der Waals surface area contributed by atoms with Crippen LogP contribution in [0.4, 0.5) is 4.79 Å². The molecular formula is C44H55NO13. The molecule has 1 amide bonds. The van der Waals surface area contributed by atoms with Crippen LogP contribution < -0.4 is 5.32 Å². The number of aliphatic hydroxyl groups is 3. The van der Waals surface area contributed by atoms with Crippen LogP contribution in [0.5, 0.6) is 0 Å². The molecule has 6 rings (SSSR count). The molecule has 1 unspecified atom stereocenters. The number of hydrogen-bond acceptors (Lipinski definition) is 13. The number of rotatable bonds is 8. The Hall–Kier alpha value is -4.63. The molecule has 2 bridgehead atoms. The number of carbonyl (C=O) groups excluding carboxylic acids is 5. The number of benzene rings is 2. The zero-order valence-electron chi connectivity index (χ0n) is 34.4. The van der Waals surface area contributed by atoms with E-state index < -0.39 is 112 Å². The summed E-state index contributed by atoms with van der Waals surface area (Å²) in [5, 5.41) is 40.0. The monoisotopic (exact) mass is 805 g/mol. The van der Waals surface area contributed by atoms with Gasteiger partial charge >= 0.3 is 24.0 Å². The van der Waals surface area contributed by atoms with Crippen molar-refractivity contribution in [1.29, 1.82) is 0 Å². The molecule has 4 N–H and O–H groups in total. The summed E-state index contributed by atoms with van der Waals surface area (Å²) in [6, 6.07) is 15.0. The van der Waals surface area contributed by atoms with Crippen molar-refractivity contribution in [2.45, 2.75) is 129 Å². The van der Waals surface area contributed by atoms with Gasteiger partial charge < -0.3 is 44.3 Å². The highest BCUT2D eigenvalue weighted by Crippen LogP contribution is 2.65. The molecule has 14 nitrogen and oxygen atoms in total. The van der Waals surface area contributed by atoms with Crippen molar-refractivity contribution in [2.75, 3.05) is 6.61 Å². The molecule has 3 fully saturated rings. The third kappa shape index (κ3) is 7.11. The lowest BCUT2D eigenvalue weighted by Gasteiger charge is -2.68. The van der Waals surface area contributed by atoms with E-state index in [1.54, 1.807) is 104 Å². The van der Waals surface area contributed by atoms with Gasteiger partial charge in [-0.3, -0.25) is 9.59 Å². The number of carbonyl (C=O) groups is 5. The van der Waals surface area contributed by atoms with Crippen molar-refractivity contribution in [3.63, 3.8) is 0 Å². The molecule has 1 aliphatic heterocycles. The molecule has 4 aliphatic rings. The molecule has 58 heavy (non-hydrogen) atoms. The van der Waals surface area contributed by atoms with E-state index in [1.807, 2.05) is 0 Å². The predicted molar refractivity (Wildman–Crippen MR) is 207 cm³/mol. The summed E-state index contributed by atoms with van der Waals surface area (Å²) in [4.78, 5) is 69.2. The van der Waals surface area contributed by atoms with Crippen LogP contribution in [0, 0.1) is 22.7 Å². The highest BCUT2D eigenvalue weighted by molar-refractivity contribution is 5.94. The Morgan fingerprint density at radius 3 is 2.12 bits per heavy atom. The van der Waals surface area contributed by atoms with Gasteiger partial charge in [0.05, 0.1) is 24.1 Å². The fourth-order valence-corrected chi connectivity index (χ4v) is 9.86. The Bertz CT molecular complexity index is 1970. The van der Waals surface area contributed by atoms with Crippen molar-refractivity contribution in [2.24, 2.45) is 22.7 Å². The van der Waals surface area contributed by atoms with E-state index in [1.165, 1.54) is 19.1 Å². The van der Waals surface area contributed by atoms with Crippen molar-refractivity contribution in [3.8, 4) is 0 Å². The fraction of sp³-hybridized carbons (Fsp3) is 0.568. The first-order chi connectivity index (χ1) is 27.0. The van der Waals surface area contributed by atoms with Crippen LogP contribution in [0.1, 0.15) is 97.1 Å². The summed E-state index contributed by atoms with van der Waals surface area (Å²) in [5.41, 5.74) is -7.04. The molecule has 2 saturated carbocycles. The first-order valence-electron chi connectivity index (χ1n) is 19.7. The summed E-state index contributed by atoms with van der Waals surface area (Å²) in [5.74, 6) is -5.19. The first kappa shape index (κ1) is 43.0. The van der Waals surface area contributed by atoms with E-state index in [0.29, 0.717) is 5.56 Å². The SMILES string of the molecule is CC(=O)O[C@@]12CO[C@@H]1C[C@H](C)[C@@]1(C)C(=O)[C@H](O)C3=C(C)[C@@H](OC(=O)[C@H](O)C(NC(=O)OC(C)(C)C)c4ccccc4)C[C@@](O)([C@@H](OC(=O)c4ccccc4)[C@H]21)C3(C)C. The van der Waals surface area contributed by atoms with Gasteiger partial charge in [-0.05, 0) is 68.9 Å². The smallest absolute Gasteiger partial charge is 0.408 e. The average molecular weight is 806 g/mol. The van der Waals surface area contributed by atoms with Gasteiger partial charge in [0.2, 0.25) is 0 Å². The van der Waals surface area contributed by atoms with E-state index in [0.717, 1.165) is 0 Å². The minimum Gasteiger partial charge on any atom is -0.456 e. The minimum absolute atomic E-state index is 0.0474. The standard InChI is InChI=1S/C44H55NO13/c1-23-20-29-43(22-54-29,57-25(3)46)34-36(56-37(50)27-18-14-11-15-19-27)44(53)21-28(24(2)30(41(44,7)8)32(47)35(49)42(23,34)9)55-38(51)33(48)31(26-16-12-10-13-17-26)45-39(52)58-40(4,5)6/h10-19,23,28-29,31-34,36,47-48,53H,20-22H2,1-9H3,(H,45,52)/t23-,28-,29+,31?,32+,33+,34-,36-,42+,43-,44+/m0/s1. The summed E-state index contributed by atoms with van der Waals surface area (Å²) in [6.07, 6.45) is -8.74. The largest absolute Gasteiger partial charge is 0.456 e. The number of aliphatic hydroxyl groups excluding tert-OH is 2. The van der Waals surface area contributed by atoms with Crippen LogP contribution in [-0.4, -0.2) is 99.0 Å². The fourth-order valence-electron chi connectivity index (χ4n) is 9.86. The second-order valence-electron chi connectivity index (χ2n) is 18.0. The maximum atomic E-state index is 15.1. The van der Waals surface area contributed by atoms with Gasteiger partial charge in [0, 0.05) is 24.2 Å². The Morgan fingerprint density at radius 1 is 0.966 bits per heavy atom. The molecule has 0 radical (unpaired) electrons. The Kier molecular flexibility index (Phi) is 11.3. The van der Waals surface area contributed by atoms with Gasteiger partial charge in [-0.25, -0.2) is 14.4 Å². The summed E-state index contributed by atoms with van der Waals surface area (Å²) in [6.45, 7) is 14.2. The molecule has 314 valence electrons. The molecule has 11 atom stereocenters. The topological polar surface area (TPSA) is 204 Å². The average Bonchev–Trinajstić information content (AvgIpc) is 3.14. The molecule has 1 heterocycles. The van der Waals surface area contributed by atoms with Crippen molar-refractivity contribution in [1.82, 2.24) is 5.32 Å². The highest BCUT2D eigenvalue weighted by atomic mass is 16.6. The number of ketones is 1. The molecular weight excluding hydrogens is 750 g/mol. The van der Waals surface area contributed by atoms with Crippen molar-refractivity contribution < 1.29 is 63.0 Å². The van der Waals surface area contributed by atoms with Crippen LogP contribution in [-0.2, 0) is 38.1 Å². The van der Waals surface area contributed by atoms with E-state index in [4.69, 9.17) is 23.7 Å². The molecule has 2 aromatic rings. The lowest BCUT2D eigenvalue weighted by molar-refractivity contribution is -0.340. The highest BCUT2D eigenvalue weighted by Gasteiger charge is 2.77. The van der Waals surface area contributed by atoms with Gasteiger partial charge in [0.25, 0.3) is 0 Å². The summed E-state index contributed by atoms with van der Waals surface area (Å²) in [7, 11) is 0. The Balaban J connectivity index is 1.49. The Labute approximate surface area is 338 Å². The quantitative estimate of drug-likeness (QED) is 0.165. The molecule has 14 heteroatoms. The maximum absolute atomic E-state index is 15.1. The lowest BCUT2D eigenvalue weighted by atomic mass is 9.43. The number of hydrogen-bond donors (Lipinski definition) is 4. The van der Waals surface area contributed by atoms with Crippen LogP contribution in [0.2, 0.25) is 0 Å². The normalized spacial score (nSPS) is 33.7. The van der Waals surface area contributed by atoms with Gasteiger partial charge in [-0.15, -0.1) is 0 Å². The van der Waals surface area contributed by atoms with Crippen LogP contribution in [0.3, 0.4) is 0 Å². The number of fused-ring (bicyclic) bond motifs is 5. The van der Waals surface area contributed by atoms with E-state index in [-0.39, 0.29) is 29.7 Å². The van der Waals surface area contributed by atoms with E-state index in [2.05, 4.69) is 5.32 Å². The maximum Gasteiger partial charge on any atom is 0.408 e. The molecule has 2 aromatic carbocycles. The first-order valence-corrected chi connectivity index (χ1v) is 19.7. The minimum atomic E-state index is -2.24. The number of Topliss-reactive ketones (excluding diaryl/α,β-unsaturated/α-hetero) is 1. The zero-order chi connectivity index (χ0) is 42.7. The lowest BCUT2D eigenvalue weighted by Crippen LogP contribution is -2.80. The van der Waals surface area contributed by atoms with Gasteiger partial charge in [-0.2, -0.15) is 0 Å². The number of esters is 3. The number of nitrogens with one attached hydrogen (secondary N) is 1. The van der Waals surface area contributed by atoms with Crippen LogP contribution in [0.15, 0.2) is 71.8 Å².